The number of allylic oxidation sites excluding steroid dienone is 1. The topological polar surface area (TPSA) is 39.0 Å². The normalized spacial score (nSPS) is 11.6. The molecular formula is C9H10F2N2OS2. The van der Waals surface area contributed by atoms with E-state index in [0.29, 0.717) is 16.9 Å². The van der Waals surface area contributed by atoms with E-state index in [1.807, 2.05) is 0 Å². The summed E-state index contributed by atoms with van der Waals surface area (Å²) in [5, 5.41) is 10.7. The van der Waals surface area contributed by atoms with Crippen molar-refractivity contribution in [2.75, 3.05) is 12.8 Å². The molecule has 0 radical (unpaired) electrons. The summed E-state index contributed by atoms with van der Waals surface area (Å²) in [6, 6.07) is 0. The number of thioether (sulfide) groups is 1. The van der Waals surface area contributed by atoms with E-state index in [-0.39, 0.29) is 0 Å². The highest BCUT2D eigenvalue weighted by atomic mass is 32.2. The lowest BCUT2D eigenvalue weighted by molar-refractivity contribution is -0.416. The van der Waals surface area contributed by atoms with E-state index in [1.54, 1.807) is 6.20 Å². The fraction of sp³-hybridized carbons (Fsp3) is 0.333. The first-order chi connectivity index (χ1) is 7.58. The Bertz CT molecular complexity index is 396. The molecule has 0 unspecified atom stereocenters. The highest BCUT2D eigenvalue weighted by Crippen LogP contribution is 2.24. The second-order valence-corrected chi connectivity index (χ2v) is 5.24. The predicted molar refractivity (Wildman–Crippen MR) is 62.5 cm³/mol. The maximum Gasteiger partial charge on any atom is 0.266 e. The number of halogens is 2. The first-order valence-corrected chi connectivity index (χ1v) is 6.23. The van der Waals surface area contributed by atoms with Crippen molar-refractivity contribution in [1.82, 2.24) is 4.98 Å². The van der Waals surface area contributed by atoms with Crippen LogP contribution in [-0.2, 0) is 0 Å². The molecule has 7 heteroatoms. The summed E-state index contributed by atoms with van der Waals surface area (Å²) in [4.78, 5) is 4.82. The van der Waals surface area contributed by atoms with Crippen molar-refractivity contribution in [3.05, 3.63) is 28.4 Å². The molecule has 0 saturated heterocycles. The smallest absolute Gasteiger partial charge is 0.266 e. The Hall–Kier alpha value is -0.950. The number of hydrogen-bond donors (Lipinski definition) is 0. The Morgan fingerprint density at radius 1 is 1.69 bits per heavy atom. The standard InChI is InChI=1S/C9H10F2N2OS2/c1-13(14)6-7-5-12-9(16-7)15-4-2-3-8(10)11/h3,5-6H,2,4H2,1H3/b13-6-. The van der Waals surface area contributed by atoms with E-state index >= 15 is 0 Å². The molecule has 16 heavy (non-hydrogen) atoms. The Morgan fingerprint density at radius 2 is 2.44 bits per heavy atom. The zero-order valence-electron chi connectivity index (χ0n) is 8.52. The molecular weight excluding hydrogens is 254 g/mol. The first-order valence-electron chi connectivity index (χ1n) is 4.42. The monoisotopic (exact) mass is 264 g/mol. The van der Waals surface area contributed by atoms with E-state index < -0.39 is 6.08 Å². The minimum Gasteiger partial charge on any atom is -0.624 e. The van der Waals surface area contributed by atoms with Gasteiger partial charge in [0, 0.05) is 5.75 Å². The van der Waals surface area contributed by atoms with Gasteiger partial charge in [0.15, 0.2) is 10.6 Å². The zero-order chi connectivity index (χ0) is 12.0. The number of thiazole rings is 1. The first kappa shape index (κ1) is 13.1. The van der Waals surface area contributed by atoms with Gasteiger partial charge in [-0.15, -0.1) is 11.3 Å². The van der Waals surface area contributed by atoms with Gasteiger partial charge in [0.1, 0.15) is 11.9 Å². The number of rotatable bonds is 5. The molecule has 0 amide bonds. The maximum absolute atomic E-state index is 11.7. The fourth-order valence-electron chi connectivity index (χ4n) is 0.890. The van der Waals surface area contributed by atoms with Crippen molar-refractivity contribution in [3.8, 4) is 0 Å². The quantitative estimate of drug-likeness (QED) is 0.205. The lowest BCUT2D eigenvalue weighted by atomic mass is 10.5. The summed E-state index contributed by atoms with van der Waals surface area (Å²) >= 11 is 2.77. The summed E-state index contributed by atoms with van der Waals surface area (Å²) in [5.74, 6) is 0.553. The molecule has 0 bridgehead atoms. The molecule has 0 saturated carbocycles. The van der Waals surface area contributed by atoms with Crippen LogP contribution in [0.1, 0.15) is 11.3 Å². The molecule has 1 aromatic heterocycles. The van der Waals surface area contributed by atoms with Gasteiger partial charge in [0.25, 0.3) is 6.08 Å². The lowest BCUT2D eigenvalue weighted by Gasteiger charge is -1.92. The molecule has 0 fully saturated rings. The van der Waals surface area contributed by atoms with Gasteiger partial charge < -0.3 is 5.21 Å². The van der Waals surface area contributed by atoms with E-state index in [0.717, 1.165) is 15.3 Å². The largest absolute Gasteiger partial charge is 0.624 e. The van der Waals surface area contributed by atoms with Crippen LogP contribution in [0.3, 0.4) is 0 Å². The van der Waals surface area contributed by atoms with Gasteiger partial charge in [0.05, 0.1) is 6.20 Å². The average Bonchev–Trinajstić information content (AvgIpc) is 2.59. The molecule has 0 aliphatic rings. The van der Waals surface area contributed by atoms with Gasteiger partial charge in [-0.2, -0.15) is 8.78 Å². The van der Waals surface area contributed by atoms with Crippen molar-refractivity contribution < 1.29 is 13.5 Å². The van der Waals surface area contributed by atoms with Crippen LogP contribution >= 0.6 is 23.1 Å². The molecule has 3 nitrogen and oxygen atoms in total. The summed E-state index contributed by atoms with van der Waals surface area (Å²) in [5.41, 5.74) is 0. The molecule has 0 N–H and O–H groups in total. The van der Waals surface area contributed by atoms with Gasteiger partial charge in [-0.05, 0) is 12.5 Å². The highest BCUT2D eigenvalue weighted by molar-refractivity contribution is 8.01. The lowest BCUT2D eigenvalue weighted by Crippen LogP contribution is -1.94. The number of nitrogens with zero attached hydrogens (tertiary/aromatic N) is 2. The molecule has 0 aromatic carbocycles. The second kappa shape index (κ2) is 6.59. The molecule has 1 heterocycles. The van der Waals surface area contributed by atoms with Gasteiger partial charge in [0.2, 0.25) is 0 Å². The van der Waals surface area contributed by atoms with E-state index in [1.165, 1.54) is 36.4 Å². The maximum atomic E-state index is 11.7. The third-order valence-corrected chi connectivity index (χ3v) is 3.58. The van der Waals surface area contributed by atoms with Crippen LogP contribution in [0.2, 0.25) is 0 Å². The third-order valence-electron chi connectivity index (χ3n) is 1.45. The van der Waals surface area contributed by atoms with Crippen molar-refractivity contribution in [2.45, 2.75) is 10.8 Å². The molecule has 0 atom stereocenters. The van der Waals surface area contributed by atoms with Gasteiger partial charge >= 0.3 is 0 Å². The highest BCUT2D eigenvalue weighted by Gasteiger charge is 2.02. The second-order valence-electron chi connectivity index (χ2n) is 2.83. The molecule has 0 aliphatic heterocycles. The van der Waals surface area contributed by atoms with E-state index in [4.69, 9.17) is 0 Å². The summed E-state index contributed by atoms with van der Waals surface area (Å²) < 4.78 is 24.9. The van der Waals surface area contributed by atoms with Gasteiger partial charge in [-0.1, -0.05) is 11.8 Å². The Morgan fingerprint density at radius 3 is 3.06 bits per heavy atom. The average molecular weight is 264 g/mol. The van der Waals surface area contributed by atoms with Gasteiger partial charge in [-0.3, -0.25) is 0 Å². The third kappa shape index (κ3) is 5.22. The Balaban J connectivity index is 2.41. The summed E-state index contributed by atoms with van der Waals surface area (Å²) in [6.45, 7) is 0. The Kier molecular flexibility index (Phi) is 5.41. The van der Waals surface area contributed by atoms with E-state index in [9.17, 15) is 14.0 Å². The predicted octanol–water partition coefficient (Wildman–Crippen LogP) is 2.96. The molecule has 0 spiro atoms. The van der Waals surface area contributed by atoms with Crippen LogP contribution in [0.25, 0.3) is 0 Å². The number of hydrogen-bond acceptors (Lipinski definition) is 4. The summed E-state index contributed by atoms with van der Waals surface area (Å²) in [7, 11) is 1.39. The van der Waals surface area contributed by atoms with Crippen LogP contribution in [0.15, 0.2) is 22.7 Å². The zero-order valence-corrected chi connectivity index (χ0v) is 10.2. The molecule has 0 aliphatic carbocycles. The van der Waals surface area contributed by atoms with Gasteiger partial charge in [-0.25, -0.2) is 9.72 Å². The van der Waals surface area contributed by atoms with Crippen molar-refractivity contribution in [1.29, 1.82) is 0 Å². The van der Waals surface area contributed by atoms with Crippen LogP contribution in [0.4, 0.5) is 8.78 Å². The molecule has 88 valence electrons. The van der Waals surface area contributed by atoms with Crippen molar-refractivity contribution >= 4 is 29.3 Å². The van der Waals surface area contributed by atoms with Crippen LogP contribution in [0, 0.1) is 5.21 Å². The van der Waals surface area contributed by atoms with Crippen LogP contribution < -0.4 is 0 Å². The molecule has 1 rings (SSSR count). The number of aromatic nitrogens is 1. The molecule has 1 aromatic rings. The van der Waals surface area contributed by atoms with Crippen LogP contribution in [0.5, 0.6) is 0 Å². The van der Waals surface area contributed by atoms with Crippen molar-refractivity contribution in [2.24, 2.45) is 0 Å². The SMILES string of the molecule is C/[N+]([O-])=C/c1cnc(SCCC=C(F)F)s1. The number of hydroxylamine groups is 1. The van der Waals surface area contributed by atoms with Crippen molar-refractivity contribution in [3.63, 3.8) is 0 Å². The minimum atomic E-state index is -1.65. The summed E-state index contributed by atoms with van der Waals surface area (Å²) in [6.07, 6.45) is 2.56. The van der Waals surface area contributed by atoms with Crippen LogP contribution in [-0.4, -0.2) is 28.7 Å². The Labute approximate surface area is 100 Å². The minimum absolute atomic E-state index is 0.313. The van der Waals surface area contributed by atoms with E-state index in [2.05, 4.69) is 4.98 Å². The fourth-order valence-corrected chi connectivity index (χ4v) is 2.82.